The molecule has 0 aromatic carbocycles. The van der Waals surface area contributed by atoms with Gasteiger partial charge in [0, 0.05) is 31.5 Å². The van der Waals surface area contributed by atoms with E-state index in [4.69, 9.17) is 0 Å². The van der Waals surface area contributed by atoms with Crippen molar-refractivity contribution in [2.45, 2.75) is 20.0 Å². The van der Waals surface area contributed by atoms with Gasteiger partial charge in [0.15, 0.2) is 0 Å². The SMILES string of the molecule is Cc1nn(C)c(C)c1C(O)c1ccn(C)n1. The van der Waals surface area contributed by atoms with Gasteiger partial charge in [-0.05, 0) is 19.9 Å². The number of aryl methyl sites for hydroxylation is 3. The molecule has 2 aromatic heterocycles. The number of aliphatic hydroxyl groups is 1. The first-order chi connectivity index (χ1) is 7.50. The van der Waals surface area contributed by atoms with Crippen molar-refractivity contribution in [1.29, 1.82) is 0 Å². The van der Waals surface area contributed by atoms with Crippen molar-refractivity contribution in [2.75, 3.05) is 0 Å². The fraction of sp³-hybridized carbons (Fsp3) is 0.455. The number of hydrogen-bond acceptors (Lipinski definition) is 3. The largest absolute Gasteiger partial charge is 0.382 e. The molecule has 86 valence electrons. The Morgan fingerprint density at radius 3 is 2.38 bits per heavy atom. The van der Waals surface area contributed by atoms with E-state index in [1.54, 1.807) is 9.36 Å². The standard InChI is InChI=1S/C11H16N4O/c1-7-10(8(2)15(4)12-7)11(16)9-5-6-14(3)13-9/h5-6,11,16H,1-4H3. The molecule has 2 heterocycles. The van der Waals surface area contributed by atoms with Crippen molar-refractivity contribution in [3.8, 4) is 0 Å². The monoisotopic (exact) mass is 220 g/mol. The summed E-state index contributed by atoms with van der Waals surface area (Å²) in [7, 11) is 3.70. The summed E-state index contributed by atoms with van der Waals surface area (Å²) in [4.78, 5) is 0. The quantitative estimate of drug-likeness (QED) is 0.816. The van der Waals surface area contributed by atoms with E-state index in [2.05, 4.69) is 10.2 Å². The molecule has 2 aromatic rings. The first-order valence-corrected chi connectivity index (χ1v) is 5.18. The van der Waals surface area contributed by atoms with E-state index in [-0.39, 0.29) is 0 Å². The highest BCUT2D eigenvalue weighted by Gasteiger charge is 2.21. The zero-order valence-electron chi connectivity index (χ0n) is 9.97. The summed E-state index contributed by atoms with van der Waals surface area (Å²) in [5.41, 5.74) is 3.32. The molecule has 0 amide bonds. The minimum absolute atomic E-state index is 0.654. The second kappa shape index (κ2) is 3.75. The van der Waals surface area contributed by atoms with Crippen molar-refractivity contribution in [3.63, 3.8) is 0 Å². The maximum Gasteiger partial charge on any atom is 0.126 e. The molecular weight excluding hydrogens is 204 g/mol. The van der Waals surface area contributed by atoms with Crippen LogP contribution in [0.15, 0.2) is 12.3 Å². The van der Waals surface area contributed by atoms with Crippen LogP contribution in [-0.2, 0) is 14.1 Å². The smallest absolute Gasteiger partial charge is 0.126 e. The van der Waals surface area contributed by atoms with Gasteiger partial charge in [-0.1, -0.05) is 0 Å². The Morgan fingerprint density at radius 1 is 1.25 bits per heavy atom. The van der Waals surface area contributed by atoms with Gasteiger partial charge in [-0.25, -0.2) is 0 Å². The fourth-order valence-electron chi connectivity index (χ4n) is 1.91. The molecule has 16 heavy (non-hydrogen) atoms. The Bertz CT molecular complexity index is 512. The Kier molecular flexibility index (Phi) is 2.55. The van der Waals surface area contributed by atoms with Crippen LogP contribution in [-0.4, -0.2) is 24.7 Å². The summed E-state index contributed by atoms with van der Waals surface area (Å²) in [5.74, 6) is 0. The number of aromatic nitrogens is 4. The van der Waals surface area contributed by atoms with E-state index >= 15 is 0 Å². The molecule has 0 aliphatic heterocycles. The average Bonchev–Trinajstić information content (AvgIpc) is 2.73. The van der Waals surface area contributed by atoms with Crippen LogP contribution in [0.5, 0.6) is 0 Å². The Labute approximate surface area is 94.3 Å². The van der Waals surface area contributed by atoms with Crippen LogP contribution in [0.25, 0.3) is 0 Å². The molecule has 5 heteroatoms. The molecule has 2 rings (SSSR count). The lowest BCUT2D eigenvalue weighted by molar-refractivity contribution is 0.212. The lowest BCUT2D eigenvalue weighted by Gasteiger charge is -2.08. The van der Waals surface area contributed by atoms with Crippen molar-refractivity contribution < 1.29 is 5.11 Å². The highest BCUT2D eigenvalue weighted by Crippen LogP contribution is 2.25. The molecule has 0 bridgehead atoms. The number of rotatable bonds is 2. The van der Waals surface area contributed by atoms with Gasteiger partial charge in [0.05, 0.1) is 11.4 Å². The van der Waals surface area contributed by atoms with Gasteiger partial charge in [-0.15, -0.1) is 0 Å². The summed E-state index contributed by atoms with van der Waals surface area (Å²) in [6, 6.07) is 1.82. The van der Waals surface area contributed by atoms with Crippen LogP contribution in [0.2, 0.25) is 0 Å². The van der Waals surface area contributed by atoms with Gasteiger partial charge in [0.1, 0.15) is 6.10 Å². The third-order valence-electron chi connectivity index (χ3n) is 2.85. The van der Waals surface area contributed by atoms with Crippen molar-refractivity contribution in [2.24, 2.45) is 14.1 Å². The van der Waals surface area contributed by atoms with Gasteiger partial charge in [0.25, 0.3) is 0 Å². The highest BCUT2D eigenvalue weighted by atomic mass is 16.3. The van der Waals surface area contributed by atoms with Crippen molar-refractivity contribution in [3.05, 3.63) is 34.9 Å². The summed E-state index contributed by atoms with van der Waals surface area (Å²) in [6.07, 6.45) is 1.12. The molecule has 0 saturated carbocycles. The van der Waals surface area contributed by atoms with Crippen LogP contribution in [0, 0.1) is 13.8 Å². The molecule has 1 unspecified atom stereocenters. The number of nitrogens with zero attached hydrogens (tertiary/aromatic N) is 4. The predicted octanol–water partition coefficient (Wildman–Crippen LogP) is 0.852. The maximum absolute atomic E-state index is 10.3. The van der Waals surface area contributed by atoms with E-state index in [1.807, 2.05) is 40.2 Å². The topological polar surface area (TPSA) is 55.9 Å². The van der Waals surface area contributed by atoms with Crippen LogP contribution < -0.4 is 0 Å². The highest BCUT2D eigenvalue weighted by molar-refractivity contribution is 5.32. The number of aliphatic hydroxyl groups excluding tert-OH is 1. The summed E-state index contributed by atoms with van der Waals surface area (Å²) < 4.78 is 3.45. The summed E-state index contributed by atoms with van der Waals surface area (Å²) in [5, 5.41) is 18.7. The number of hydrogen-bond donors (Lipinski definition) is 1. The maximum atomic E-state index is 10.3. The summed E-state index contributed by atoms with van der Waals surface area (Å²) in [6.45, 7) is 3.84. The first-order valence-electron chi connectivity index (χ1n) is 5.18. The van der Waals surface area contributed by atoms with Crippen molar-refractivity contribution >= 4 is 0 Å². The van der Waals surface area contributed by atoms with E-state index < -0.39 is 6.10 Å². The molecule has 0 saturated heterocycles. The molecule has 1 N–H and O–H groups in total. The van der Waals surface area contributed by atoms with E-state index in [9.17, 15) is 5.11 Å². The van der Waals surface area contributed by atoms with E-state index in [1.165, 1.54) is 0 Å². The third-order valence-corrected chi connectivity index (χ3v) is 2.85. The average molecular weight is 220 g/mol. The Hall–Kier alpha value is -1.62. The molecule has 0 aliphatic rings. The third kappa shape index (κ3) is 1.63. The minimum Gasteiger partial charge on any atom is -0.382 e. The molecule has 0 aliphatic carbocycles. The van der Waals surface area contributed by atoms with E-state index in [0.29, 0.717) is 5.69 Å². The normalized spacial score (nSPS) is 13.1. The summed E-state index contributed by atoms with van der Waals surface area (Å²) >= 11 is 0. The predicted molar refractivity (Wildman–Crippen MR) is 60.0 cm³/mol. The zero-order chi connectivity index (χ0) is 11.9. The molecule has 1 atom stereocenters. The Morgan fingerprint density at radius 2 is 1.94 bits per heavy atom. The van der Waals surface area contributed by atoms with Crippen LogP contribution in [0.3, 0.4) is 0 Å². The molecular formula is C11H16N4O. The van der Waals surface area contributed by atoms with Gasteiger partial charge >= 0.3 is 0 Å². The molecule has 0 radical (unpaired) electrons. The lowest BCUT2D eigenvalue weighted by atomic mass is 10.1. The molecule has 5 nitrogen and oxygen atoms in total. The second-order valence-electron chi connectivity index (χ2n) is 4.02. The van der Waals surface area contributed by atoms with E-state index in [0.717, 1.165) is 17.0 Å². The van der Waals surface area contributed by atoms with Crippen LogP contribution >= 0.6 is 0 Å². The van der Waals surface area contributed by atoms with Gasteiger partial charge in [0.2, 0.25) is 0 Å². The first kappa shape index (κ1) is 10.9. The lowest BCUT2D eigenvalue weighted by Crippen LogP contribution is -2.04. The van der Waals surface area contributed by atoms with Crippen molar-refractivity contribution in [1.82, 2.24) is 19.6 Å². The molecule has 0 fully saturated rings. The second-order valence-corrected chi connectivity index (χ2v) is 4.02. The van der Waals surface area contributed by atoms with Crippen LogP contribution in [0.4, 0.5) is 0 Å². The zero-order valence-corrected chi connectivity index (χ0v) is 9.97. The fourth-order valence-corrected chi connectivity index (χ4v) is 1.91. The molecule has 0 spiro atoms. The van der Waals surface area contributed by atoms with Gasteiger partial charge < -0.3 is 5.11 Å². The Balaban J connectivity index is 2.44. The van der Waals surface area contributed by atoms with Gasteiger partial charge in [-0.2, -0.15) is 10.2 Å². The van der Waals surface area contributed by atoms with Crippen LogP contribution in [0.1, 0.15) is 28.7 Å². The van der Waals surface area contributed by atoms with Gasteiger partial charge in [-0.3, -0.25) is 9.36 Å². The minimum atomic E-state index is -0.699.